The van der Waals surface area contributed by atoms with Crippen LogP contribution >= 0.6 is 11.6 Å². The third-order valence-electron chi connectivity index (χ3n) is 3.31. The first-order valence-electron chi connectivity index (χ1n) is 6.04. The molecule has 0 amide bonds. The van der Waals surface area contributed by atoms with E-state index < -0.39 is 18.0 Å². The highest BCUT2D eigenvalue weighted by molar-refractivity contribution is 6.30. The molecule has 0 spiro atoms. The maximum absolute atomic E-state index is 14.0. The second kappa shape index (κ2) is 4.83. The van der Waals surface area contributed by atoms with E-state index in [0.29, 0.717) is 17.7 Å². The van der Waals surface area contributed by atoms with Crippen LogP contribution in [0.5, 0.6) is 5.75 Å². The standard InChI is InChI=1S/C15H12ClFO2/c16-11-6-3-5-10(15(11)17)14-8-12(18)9-4-1-2-7-13(9)19-14/h1-7,12,14,18H,8H2/t12-,14?/m0/s1. The largest absolute Gasteiger partial charge is 0.485 e. The molecule has 0 aromatic heterocycles. The zero-order chi connectivity index (χ0) is 13.4. The lowest BCUT2D eigenvalue weighted by Gasteiger charge is -2.30. The normalized spacial score (nSPS) is 21.6. The van der Waals surface area contributed by atoms with Crippen molar-refractivity contribution in [2.45, 2.75) is 18.6 Å². The predicted molar refractivity (Wildman–Crippen MR) is 70.8 cm³/mol. The molecule has 1 aliphatic heterocycles. The van der Waals surface area contributed by atoms with Gasteiger partial charge in [0.15, 0.2) is 0 Å². The molecule has 0 aliphatic carbocycles. The predicted octanol–water partition coefficient (Wildman–Crippen LogP) is 4.04. The minimum atomic E-state index is -0.659. The van der Waals surface area contributed by atoms with E-state index in [4.69, 9.17) is 16.3 Å². The van der Waals surface area contributed by atoms with Gasteiger partial charge in [-0.25, -0.2) is 4.39 Å². The van der Waals surface area contributed by atoms with Gasteiger partial charge in [0.05, 0.1) is 11.1 Å². The average molecular weight is 279 g/mol. The molecule has 2 atom stereocenters. The van der Waals surface area contributed by atoms with Crippen molar-refractivity contribution in [1.82, 2.24) is 0 Å². The Hall–Kier alpha value is -1.58. The van der Waals surface area contributed by atoms with Gasteiger partial charge < -0.3 is 9.84 Å². The monoisotopic (exact) mass is 278 g/mol. The molecule has 2 nitrogen and oxygen atoms in total. The zero-order valence-corrected chi connectivity index (χ0v) is 10.8. The fraction of sp³-hybridized carbons (Fsp3) is 0.200. The number of ether oxygens (including phenoxy) is 1. The molecule has 1 unspecified atom stereocenters. The van der Waals surface area contributed by atoms with Gasteiger partial charge in [0.25, 0.3) is 0 Å². The number of benzene rings is 2. The molecule has 0 fully saturated rings. The van der Waals surface area contributed by atoms with Gasteiger partial charge in [-0.2, -0.15) is 0 Å². The van der Waals surface area contributed by atoms with Crippen molar-refractivity contribution in [3.05, 3.63) is 64.4 Å². The van der Waals surface area contributed by atoms with Crippen LogP contribution in [0.15, 0.2) is 42.5 Å². The van der Waals surface area contributed by atoms with Gasteiger partial charge in [0.2, 0.25) is 0 Å². The molecule has 1 aliphatic rings. The molecule has 0 bridgehead atoms. The second-order valence-electron chi connectivity index (χ2n) is 4.54. The van der Waals surface area contributed by atoms with E-state index in [-0.39, 0.29) is 5.02 Å². The molecule has 1 heterocycles. The van der Waals surface area contributed by atoms with Crippen LogP contribution < -0.4 is 4.74 Å². The Morgan fingerprint density at radius 1 is 1.11 bits per heavy atom. The van der Waals surface area contributed by atoms with E-state index >= 15 is 0 Å². The van der Waals surface area contributed by atoms with Crippen molar-refractivity contribution in [3.8, 4) is 5.75 Å². The minimum absolute atomic E-state index is 0.0643. The molecule has 19 heavy (non-hydrogen) atoms. The van der Waals surface area contributed by atoms with Crippen molar-refractivity contribution in [2.24, 2.45) is 0 Å². The molecule has 98 valence electrons. The van der Waals surface area contributed by atoms with Crippen molar-refractivity contribution in [3.63, 3.8) is 0 Å². The van der Waals surface area contributed by atoms with E-state index in [0.717, 1.165) is 5.56 Å². The van der Waals surface area contributed by atoms with Gasteiger partial charge in [0, 0.05) is 17.5 Å². The lowest BCUT2D eigenvalue weighted by Crippen LogP contribution is -2.19. The Morgan fingerprint density at radius 3 is 2.68 bits per heavy atom. The number of fused-ring (bicyclic) bond motifs is 1. The fourth-order valence-corrected chi connectivity index (χ4v) is 2.54. The number of aliphatic hydroxyl groups excluding tert-OH is 1. The first kappa shape index (κ1) is 12.5. The van der Waals surface area contributed by atoms with Crippen LogP contribution in [0, 0.1) is 5.82 Å². The third-order valence-corrected chi connectivity index (χ3v) is 3.60. The minimum Gasteiger partial charge on any atom is -0.485 e. The van der Waals surface area contributed by atoms with E-state index in [1.54, 1.807) is 18.2 Å². The Bertz CT molecular complexity index is 615. The lowest BCUT2D eigenvalue weighted by molar-refractivity contribution is 0.0640. The number of para-hydroxylation sites is 1. The smallest absolute Gasteiger partial charge is 0.148 e. The Morgan fingerprint density at radius 2 is 1.84 bits per heavy atom. The van der Waals surface area contributed by atoms with Gasteiger partial charge in [0.1, 0.15) is 17.7 Å². The van der Waals surface area contributed by atoms with Gasteiger partial charge in [-0.1, -0.05) is 41.9 Å². The van der Waals surface area contributed by atoms with E-state index in [2.05, 4.69) is 0 Å². The maximum Gasteiger partial charge on any atom is 0.148 e. The van der Waals surface area contributed by atoms with Crippen LogP contribution in [0.2, 0.25) is 5.02 Å². The molecule has 0 radical (unpaired) electrons. The van der Waals surface area contributed by atoms with Crippen LogP contribution in [-0.2, 0) is 0 Å². The summed E-state index contributed by atoms with van der Waals surface area (Å²) in [4.78, 5) is 0. The molecule has 3 rings (SSSR count). The van der Waals surface area contributed by atoms with Crippen LogP contribution in [0.4, 0.5) is 4.39 Å². The third kappa shape index (κ3) is 2.20. The number of hydrogen-bond donors (Lipinski definition) is 1. The number of halogens is 2. The van der Waals surface area contributed by atoms with Crippen LogP contribution in [0.25, 0.3) is 0 Å². The van der Waals surface area contributed by atoms with Gasteiger partial charge >= 0.3 is 0 Å². The summed E-state index contributed by atoms with van der Waals surface area (Å²) < 4.78 is 19.8. The Labute approximate surface area is 115 Å². The molecule has 0 saturated heterocycles. The van der Waals surface area contributed by atoms with Gasteiger partial charge in [-0.3, -0.25) is 0 Å². The summed E-state index contributed by atoms with van der Waals surface area (Å²) in [6.45, 7) is 0. The van der Waals surface area contributed by atoms with Gasteiger partial charge in [-0.05, 0) is 12.1 Å². The molecule has 2 aromatic carbocycles. The summed E-state index contributed by atoms with van der Waals surface area (Å²) in [6.07, 6.45) is -0.870. The first-order valence-corrected chi connectivity index (χ1v) is 6.42. The molecular weight excluding hydrogens is 267 g/mol. The molecule has 1 N–H and O–H groups in total. The van der Waals surface area contributed by atoms with Crippen molar-refractivity contribution >= 4 is 11.6 Å². The summed E-state index contributed by atoms with van der Waals surface area (Å²) in [5.41, 5.74) is 1.11. The average Bonchev–Trinajstić information content (AvgIpc) is 2.42. The van der Waals surface area contributed by atoms with Crippen molar-refractivity contribution in [1.29, 1.82) is 0 Å². The number of aliphatic hydroxyl groups is 1. The van der Waals surface area contributed by atoms with E-state index in [1.807, 2.05) is 18.2 Å². The van der Waals surface area contributed by atoms with Crippen molar-refractivity contribution < 1.29 is 14.2 Å². The highest BCUT2D eigenvalue weighted by atomic mass is 35.5. The Kier molecular flexibility index (Phi) is 3.17. The van der Waals surface area contributed by atoms with Gasteiger partial charge in [-0.15, -0.1) is 0 Å². The summed E-state index contributed by atoms with van der Waals surface area (Å²) in [5.74, 6) is 0.103. The molecule has 2 aromatic rings. The zero-order valence-electron chi connectivity index (χ0n) is 10.0. The molecule has 4 heteroatoms. The fourth-order valence-electron chi connectivity index (χ4n) is 2.35. The van der Waals surface area contributed by atoms with E-state index in [9.17, 15) is 9.50 Å². The Balaban J connectivity index is 1.99. The lowest BCUT2D eigenvalue weighted by atomic mass is 9.95. The maximum atomic E-state index is 14.0. The topological polar surface area (TPSA) is 29.5 Å². The van der Waals surface area contributed by atoms with Crippen LogP contribution in [-0.4, -0.2) is 5.11 Å². The highest BCUT2D eigenvalue weighted by Crippen LogP contribution is 2.41. The summed E-state index contributed by atoms with van der Waals surface area (Å²) in [7, 11) is 0. The molecule has 0 saturated carbocycles. The van der Waals surface area contributed by atoms with E-state index in [1.165, 1.54) is 6.07 Å². The van der Waals surface area contributed by atoms with Crippen LogP contribution in [0.1, 0.15) is 29.8 Å². The molecular formula is C15H12ClFO2. The summed E-state index contributed by atoms with van der Waals surface area (Å²) in [5, 5.41) is 10.2. The summed E-state index contributed by atoms with van der Waals surface area (Å²) in [6, 6.07) is 12.0. The quantitative estimate of drug-likeness (QED) is 0.853. The second-order valence-corrected chi connectivity index (χ2v) is 4.95. The number of rotatable bonds is 1. The van der Waals surface area contributed by atoms with Crippen LogP contribution in [0.3, 0.4) is 0 Å². The SMILES string of the molecule is O[C@H]1CC(c2cccc(Cl)c2F)Oc2ccccc21. The summed E-state index contributed by atoms with van der Waals surface area (Å²) >= 11 is 5.78. The number of hydrogen-bond acceptors (Lipinski definition) is 2. The first-order chi connectivity index (χ1) is 9.16. The highest BCUT2D eigenvalue weighted by Gasteiger charge is 2.29. The van der Waals surface area contributed by atoms with Crippen molar-refractivity contribution in [2.75, 3.05) is 0 Å².